The molecule has 6 nitrogen and oxygen atoms in total. The van der Waals surface area contributed by atoms with Crippen LogP contribution in [0.2, 0.25) is 10.0 Å². The van der Waals surface area contributed by atoms with Crippen molar-refractivity contribution >= 4 is 46.5 Å². The Balaban J connectivity index is 1.53. The Morgan fingerprint density at radius 2 is 1.91 bits per heavy atom. The molecule has 0 spiro atoms. The third kappa shape index (κ3) is 6.01. The van der Waals surface area contributed by atoms with Crippen molar-refractivity contribution in [1.29, 1.82) is 0 Å². The first-order valence-electron chi connectivity index (χ1n) is 11.6. The Morgan fingerprint density at radius 1 is 1.11 bits per heavy atom. The summed E-state index contributed by atoms with van der Waals surface area (Å²) in [6.45, 7) is 1.59. The molecule has 0 saturated heterocycles. The number of fused-ring (bicyclic) bond motifs is 1. The number of aromatic nitrogens is 1. The lowest BCUT2D eigenvalue weighted by Gasteiger charge is -2.25. The maximum atomic E-state index is 13.5. The highest BCUT2D eigenvalue weighted by Gasteiger charge is 2.27. The van der Waals surface area contributed by atoms with Gasteiger partial charge in [0.2, 0.25) is 0 Å². The molecule has 0 aliphatic carbocycles. The molecule has 1 N–H and O–H groups in total. The van der Waals surface area contributed by atoms with Crippen LogP contribution >= 0.6 is 23.2 Å². The lowest BCUT2D eigenvalue weighted by molar-refractivity contribution is 0.0985. The number of hydrogen-bond acceptors (Lipinski definition) is 4. The number of rotatable bonds is 6. The fourth-order valence-corrected chi connectivity index (χ4v) is 4.78. The molecular formula is C27H28Cl2N4O2. The number of carbonyl (C=O) groups excluding carboxylic acids is 2. The highest BCUT2D eigenvalue weighted by Crippen LogP contribution is 2.38. The largest absolute Gasteiger partial charge is 0.309 e. The number of amides is 2. The van der Waals surface area contributed by atoms with E-state index in [1.165, 1.54) is 6.20 Å². The molecular weight excluding hydrogens is 483 g/mol. The zero-order valence-electron chi connectivity index (χ0n) is 19.8. The molecule has 2 amide bonds. The van der Waals surface area contributed by atoms with Crippen LogP contribution in [-0.2, 0) is 0 Å². The van der Waals surface area contributed by atoms with Crippen LogP contribution in [0.1, 0.15) is 51.5 Å². The third-order valence-corrected chi connectivity index (χ3v) is 6.76. The quantitative estimate of drug-likeness (QED) is 0.433. The first kappa shape index (κ1) is 25.2. The summed E-state index contributed by atoms with van der Waals surface area (Å²) in [7, 11) is 4.14. The minimum atomic E-state index is -0.357. The van der Waals surface area contributed by atoms with Gasteiger partial charge in [0, 0.05) is 23.5 Å². The van der Waals surface area contributed by atoms with Gasteiger partial charge in [-0.2, -0.15) is 0 Å². The minimum Gasteiger partial charge on any atom is -0.309 e. The molecule has 0 bridgehead atoms. The van der Waals surface area contributed by atoms with E-state index >= 15 is 0 Å². The van der Waals surface area contributed by atoms with Gasteiger partial charge in [0.05, 0.1) is 16.1 Å². The molecule has 2 aromatic carbocycles. The van der Waals surface area contributed by atoms with Gasteiger partial charge in [0.1, 0.15) is 5.82 Å². The summed E-state index contributed by atoms with van der Waals surface area (Å²) in [6, 6.07) is 15.9. The van der Waals surface area contributed by atoms with Gasteiger partial charge in [0.25, 0.3) is 11.8 Å². The van der Waals surface area contributed by atoms with E-state index in [1.807, 2.05) is 23.1 Å². The molecule has 35 heavy (non-hydrogen) atoms. The summed E-state index contributed by atoms with van der Waals surface area (Å²) < 4.78 is 0. The molecule has 0 fully saturated rings. The maximum absolute atomic E-state index is 13.5. The maximum Gasteiger partial charge on any atom is 0.259 e. The van der Waals surface area contributed by atoms with E-state index in [-0.39, 0.29) is 11.8 Å². The third-order valence-electron chi connectivity index (χ3n) is 6.19. The number of pyridine rings is 1. The van der Waals surface area contributed by atoms with Crippen molar-refractivity contribution in [2.24, 2.45) is 0 Å². The summed E-state index contributed by atoms with van der Waals surface area (Å²) in [6.07, 6.45) is 4.39. The average molecular weight is 511 g/mol. The number of benzene rings is 2. The molecule has 0 radical (unpaired) electrons. The molecule has 1 atom stereocenters. The summed E-state index contributed by atoms with van der Waals surface area (Å²) in [5, 5.41) is 3.76. The Morgan fingerprint density at radius 3 is 2.63 bits per heavy atom. The van der Waals surface area contributed by atoms with Crippen molar-refractivity contribution < 1.29 is 9.59 Å². The van der Waals surface area contributed by atoms with Crippen LogP contribution in [0, 0.1) is 0 Å². The van der Waals surface area contributed by atoms with Crippen LogP contribution in [0.15, 0.2) is 60.8 Å². The van der Waals surface area contributed by atoms with E-state index in [4.69, 9.17) is 23.2 Å². The van der Waals surface area contributed by atoms with Crippen molar-refractivity contribution in [3.63, 3.8) is 0 Å². The highest BCUT2D eigenvalue weighted by atomic mass is 35.5. The van der Waals surface area contributed by atoms with E-state index in [0.29, 0.717) is 39.5 Å². The smallest absolute Gasteiger partial charge is 0.259 e. The Hall–Kier alpha value is -2.93. The van der Waals surface area contributed by atoms with Gasteiger partial charge in [-0.15, -0.1) is 0 Å². The van der Waals surface area contributed by atoms with Gasteiger partial charge < -0.3 is 15.1 Å². The molecule has 1 aromatic heterocycles. The van der Waals surface area contributed by atoms with Gasteiger partial charge in [-0.25, -0.2) is 4.98 Å². The fraction of sp³-hybridized carbons (Fsp3) is 0.296. The first-order valence-corrected chi connectivity index (χ1v) is 12.4. The molecule has 0 saturated carbocycles. The van der Waals surface area contributed by atoms with Crippen LogP contribution in [0.25, 0.3) is 0 Å². The predicted molar refractivity (Wildman–Crippen MR) is 142 cm³/mol. The Bertz CT molecular complexity index is 1210. The molecule has 1 aliphatic heterocycles. The van der Waals surface area contributed by atoms with Crippen molar-refractivity contribution in [2.45, 2.75) is 25.2 Å². The Labute approximate surface area is 215 Å². The van der Waals surface area contributed by atoms with E-state index in [9.17, 15) is 9.59 Å². The number of nitrogens with zero attached hydrogens (tertiary/aromatic N) is 3. The topological polar surface area (TPSA) is 65.5 Å². The van der Waals surface area contributed by atoms with E-state index in [1.54, 1.807) is 36.4 Å². The zero-order valence-corrected chi connectivity index (χ0v) is 21.3. The summed E-state index contributed by atoms with van der Waals surface area (Å²) in [5.74, 6) is 0.199. The normalized spacial score (nSPS) is 15.5. The SMILES string of the molecule is CN(C)CCC1CCCN(C(=O)c2ccc(NC(=O)c3ccccc3Cl)nc2)c2ccc(Cl)cc21. The molecule has 182 valence electrons. The summed E-state index contributed by atoms with van der Waals surface area (Å²) in [4.78, 5) is 34.3. The second kappa shape index (κ2) is 11.2. The monoisotopic (exact) mass is 510 g/mol. The van der Waals surface area contributed by atoms with Crippen LogP contribution in [0.3, 0.4) is 0 Å². The summed E-state index contributed by atoms with van der Waals surface area (Å²) in [5.41, 5.74) is 2.83. The van der Waals surface area contributed by atoms with Crippen molar-refractivity contribution in [3.8, 4) is 0 Å². The zero-order chi connectivity index (χ0) is 24.9. The molecule has 1 aliphatic rings. The number of hydrogen-bond donors (Lipinski definition) is 1. The lowest BCUT2D eigenvalue weighted by Crippen LogP contribution is -2.32. The fourth-order valence-electron chi connectivity index (χ4n) is 4.37. The van der Waals surface area contributed by atoms with Crippen LogP contribution in [0.4, 0.5) is 11.5 Å². The van der Waals surface area contributed by atoms with Crippen LogP contribution in [0.5, 0.6) is 0 Å². The standard InChI is InChI=1S/C27H28Cl2N4O2/c1-32(2)15-13-18-6-5-14-33(24-11-10-20(28)16-22(18)24)27(35)19-9-12-25(30-17-19)31-26(34)21-7-3-4-8-23(21)29/h3-4,7-12,16-18H,5-6,13-15H2,1-2H3,(H,30,31,34). The molecule has 8 heteroatoms. The number of halogens is 2. The Kier molecular flexibility index (Phi) is 8.06. The minimum absolute atomic E-state index is 0.127. The van der Waals surface area contributed by atoms with Crippen LogP contribution in [-0.4, -0.2) is 48.9 Å². The van der Waals surface area contributed by atoms with Gasteiger partial charge in [0.15, 0.2) is 0 Å². The van der Waals surface area contributed by atoms with Crippen molar-refractivity contribution in [2.75, 3.05) is 37.4 Å². The van der Waals surface area contributed by atoms with E-state index in [2.05, 4.69) is 29.3 Å². The van der Waals surface area contributed by atoms with Crippen LogP contribution < -0.4 is 10.2 Å². The number of nitrogens with one attached hydrogen (secondary N) is 1. The predicted octanol–water partition coefficient (Wildman–Crippen LogP) is 6.12. The van der Waals surface area contributed by atoms with Gasteiger partial charge in [-0.3, -0.25) is 9.59 Å². The molecule has 1 unspecified atom stereocenters. The first-order chi connectivity index (χ1) is 16.8. The average Bonchev–Trinajstić information content (AvgIpc) is 3.02. The second-order valence-corrected chi connectivity index (χ2v) is 9.80. The highest BCUT2D eigenvalue weighted by molar-refractivity contribution is 6.34. The second-order valence-electron chi connectivity index (χ2n) is 8.96. The summed E-state index contributed by atoms with van der Waals surface area (Å²) >= 11 is 12.5. The lowest BCUT2D eigenvalue weighted by atomic mass is 9.91. The van der Waals surface area contributed by atoms with Crippen molar-refractivity contribution in [1.82, 2.24) is 9.88 Å². The number of anilines is 2. The van der Waals surface area contributed by atoms with Gasteiger partial charge >= 0.3 is 0 Å². The molecule has 3 aromatic rings. The van der Waals surface area contributed by atoms with E-state index in [0.717, 1.165) is 37.1 Å². The van der Waals surface area contributed by atoms with Crippen molar-refractivity contribution in [3.05, 3.63) is 87.5 Å². The number of carbonyl (C=O) groups is 2. The van der Waals surface area contributed by atoms with Gasteiger partial charge in [-0.1, -0.05) is 35.3 Å². The van der Waals surface area contributed by atoms with E-state index < -0.39 is 0 Å². The molecule has 4 rings (SSSR count). The van der Waals surface area contributed by atoms with Gasteiger partial charge in [-0.05, 0) is 93.8 Å². The molecule has 2 heterocycles.